The minimum Gasteiger partial charge on any atom is -0.478 e. The van der Waals surface area contributed by atoms with Gasteiger partial charge >= 0.3 is 5.97 Å². The van der Waals surface area contributed by atoms with Gasteiger partial charge in [0.05, 0.1) is 21.3 Å². The second-order valence-corrected chi connectivity index (χ2v) is 6.15. The molecule has 0 aliphatic carbocycles. The van der Waals surface area contributed by atoms with Crippen LogP contribution in [-0.4, -0.2) is 34.8 Å². The highest BCUT2D eigenvalue weighted by molar-refractivity contribution is 9.10. The molecule has 0 saturated carbocycles. The summed E-state index contributed by atoms with van der Waals surface area (Å²) in [6.45, 7) is 0.626. The summed E-state index contributed by atoms with van der Waals surface area (Å²) in [4.78, 5) is 11.4. The van der Waals surface area contributed by atoms with E-state index in [0.717, 1.165) is 17.3 Å². The van der Waals surface area contributed by atoms with Crippen LogP contribution in [0.15, 0.2) is 27.6 Å². The van der Waals surface area contributed by atoms with Crippen LogP contribution in [0.2, 0.25) is 0 Å². The molecular formula is C12H15BrO4S. The van der Waals surface area contributed by atoms with E-state index >= 15 is 0 Å². The zero-order valence-corrected chi connectivity index (χ0v) is 12.4. The number of ether oxygens (including phenoxy) is 1. The van der Waals surface area contributed by atoms with Crippen LogP contribution < -0.4 is 0 Å². The lowest BCUT2D eigenvalue weighted by molar-refractivity contribution is 0.0693. The molecule has 100 valence electrons. The van der Waals surface area contributed by atoms with Crippen molar-refractivity contribution in [3.63, 3.8) is 0 Å². The molecule has 0 bridgehead atoms. The number of carboxylic acid groups (broad SMARTS) is 1. The van der Waals surface area contributed by atoms with Gasteiger partial charge in [-0.1, -0.05) is 15.9 Å². The first-order chi connectivity index (χ1) is 8.56. The second kappa shape index (κ2) is 7.66. The Hall–Kier alpha value is -0.720. The third-order valence-corrected chi connectivity index (χ3v) is 4.33. The van der Waals surface area contributed by atoms with E-state index in [-0.39, 0.29) is 5.56 Å². The number of hydrogen-bond donors (Lipinski definition) is 1. The normalized spacial score (nSPS) is 12.3. The zero-order chi connectivity index (χ0) is 13.5. The highest BCUT2D eigenvalue weighted by Gasteiger charge is 2.15. The molecule has 0 amide bonds. The van der Waals surface area contributed by atoms with E-state index in [9.17, 15) is 9.00 Å². The molecule has 0 saturated heterocycles. The number of methoxy groups -OCH3 is 1. The van der Waals surface area contributed by atoms with E-state index in [1.54, 1.807) is 19.2 Å². The van der Waals surface area contributed by atoms with Crippen molar-refractivity contribution in [2.45, 2.75) is 17.7 Å². The topological polar surface area (TPSA) is 63.6 Å². The van der Waals surface area contributed by atoms with Crippen LogP contribution in [0, 0.1) is 0 Å². The van der Waals surface area contributed by atoms with Gasteiger partial charge in [-0.05, 0) is 31.0 Å². The standard InChI is InChI=1S/C12H15BrO4S/c1-17-6-2-3-7-18(16)11-8-9(13)4-5-10(11)12(14)15/h4-5,8H,2-3,6-7H2,1H3,(H,14,15). The van der Waals surface area contributed by atoms with Crippen molar-refractivity contribution < 1.29 is 18.8 Å². The molecule has 0 spiro atoms. The van der Waals surface area contributed by atoms with Crippen molar-refractivity contribution >= 4 is 32.7 Å². The molecule has 6 heteroatoms. The van der Waals surface area contributed by atoms with E-state index in [4.69, 9.17) is 9.84 Å². The predicted octanol–water partition coefficient (Wildman–Crippen LogP) is 2.68. The van der Waals surface area contributed by atoms with Gasteiger partial charge in [-0.3, -0.25) is 4.21 Å². The van der Waals surface area contributed by atoms with Gasteiger partial charge in [0.1, 0.15) is 0 Å². The van der Waals surface area contributed by atoms with E-state index in [1.807, 2.05) is 0 Å². The van der Waals surface area contributed by atoms with Crippen molar-refractivity contribution in [2.75, 3.05) is 19.5 Å². The molecule has 0 fully saturated rings. The van der Waals surface area contributed by atoms with Gasteiger partial charge < -0.3 is 9.84 Å². The Labute approximate surface area is 117 Å². The number of hydrogen-bond acceptors (Lipinski definition) is 3. The van der Waals surface area contributed by atoms with Crippen LogP contribution in [-0.2, 0) is 15.5 Å². The maximum Gasteiger partial charge on any atom is 0.336 e. The van der Waals surface area contributed by atoms with Gasteiger partial charge in [0, 0.05) is 23.9 Å². The number of carbonyl (C=O) groups is 1. The Morgan fingerprint density at radius 3 is 2.78 bits per heavy atom. The summed E-state index contributed by atoms with van der Waals surface area (Å²) in [5.74, 6) is -0.608. The number of rotatable bonds is 7. The van der Waals surface area contributed by atoms with E-state index < -0.39 is 16.8 Å². The molecule has 0 aromatic heterocycles. The third kappa shape index (κ3) is 4.51. The Bertz CT molecular complexity index is 448. The van der Waals surface area contributed by atoms with Crippen LogP contribution in [0.1, 0.15) is 23.2 Å². The van der Waals surface area contributed by atoms with Crippen molar-refractivity contribution in [3.05, 3.63) is 28.2 Å². The minimum absolute atomic E-state index is 0.100. The average Bonchev–Trinajstić information content (AvgIpc) is 2.34. The molecule has 1 aromatic rings. The molecule has 0 radical (unpaired) electrons. The number of halogens is 1. The molecule has 1 N–H and O–H groups in total. The van der Waals surface area contributed by atoms with E-state index in [1.165, 1.54) is 6.07 Å². The maximum absolute atomic E-state index is 12.1. The summed E-state index contributed by atoms with van der Waals surface area (Å²) in [6, 6.07) is 4.71. The largest absolute Gasteiger partial charge is 0.478 e. The first-order valence-corrected chi connectivity index (χ1v) is 7.57. The lowest BCUT2D eigenvalue weighted by Gasteiger charge is -2.07. The Morgan fingerprint density at radius 2 is 2.17 bits per heavy atom. The average molecular weight is 335 g/mol. The molecule has 1 atom stereocenters. The molecule has 1 aromatic carbocycles. The molecular weight excluding hydrogens is 320 g/mol. The van der Waals surface area contributed by atoms with Crippen molar-refractivity contribution in [3.8, 4) is 0 Å². The van der Waals surface area contributed by atoms with Gasteiger partial charge in [-0.2, -0.15) is 0 Å². The molecule has 1 unspecified atom stereocenters. The Kier molecular flexibility index (Phi) is 6.52. The maximum atomic E-state index is 12.1. The molecule has 0 aliphatic heterocycles. The number of aromatic carboxylic acids is 1. The summed E-state index contributed by atoms with van der Waals surface area (Å²) in [7, 11) is 0.323. The van der Waals surface area contributed by atoms with Crippen LogP contribution in [0.3, 0.4) is 0 Å². The lowest BCUT2D eigenvalue weighted by atomic mass is 10.2. The Morgan fingerprint density at radius 1 is 1.44 bits per heavy atom. The molecule has 1 rings (SSSR count). The van der Waals surface area contributed by atoms with Crippen molar-refractivity contribution in [1.82, 2.24) is 0 Å². The monoisotopic (exact) mass is 334 g/mol. The Balaban J connectivity index is 2.77. The zero-order valence-electron chi connectivity index (χ0n) is 10.0. The second-order valence-electron chi connectivity index (χ2n) is 3.70. The van der Waals surface area contributed by atoms with Gasteiger partial charge in [-0.25, -0.2) is 4.79 Å². The van der Waals surface area contributed by atoms with Crippen molar-refractivity contribution in [2.24, 2.45) is 0 Å². The van der Waals surface area contributed by atoms with Crippen LogP contribution in [0.4, 0.5) is 0 Å². The summed E-state index contributed by atoms with van der Waals surface area (Å²) in [6.07, 6.45) is 1.56. The first-order valence-electron chi connectivity index (χ1n) is 5.46. The SMILES string of the molecule is COCCCCS(=O)c1cc(Br)ccc1C(=O)O. The van der Waals surface area contributed by atoms with Crippen LogP contribution in [0.25, 0.3) is 0 Å². The highest BCUT2D eigenvalue weighted by atomic mass is 79.9. The third-order valence-electron chi connectivity index (χ3n) is 2.35. The quantitative estimate of drug-likeness (QED) is 0.778. The van der Waals surface area contributed by atoms with E-state index in [0.29, 0.717) is 17.3 Å². The van der Waals surface area contributed by atoms with Crippen LogP contribution >= 0.6 is 15.9 Å². The van der Waals surface area contributed by atoms with E-state index in [2.05, 4.69) is 15.9 Å². The molecule has 0 aliphatic rings. The fourth-order valence-electron chi connectivity index (χ4n) is 1.45. The number of carboxylic acids is 1. The van der Waals surface area contributed by atoms with Crippen LogP contribution in [0.5, 0.6) is 0 Å². The van der Waals surface area contributed by atoms with Gasteiger partial charge in [0.25, 0.3) is 0 Å². The van der Waals surface area contributed by atoms with Crippen molar-refractivity contribution in [1.29, 1.82) is 0 Å². The van der Waals surface area contributed by atoms with Gasteiger partial charge in [0.2, 0.25) is 0 Å². The summed E-state index contributed by atoms with van der Waals surface area (Å²) in [5.41, 5.74) is 0.100. The molecule has 0 heterocycles. The smallest absolute Gasteiger partial charge is 0.336 e. The van der Waals surface area contributed by atoms with Gasteiger partial charge in [-0.15, -0.1) is 0 Å². The number of unbranched alkanes of at least 4 members (excludes halogenated alkanes) is 1. The minimum atomic E-state index is -1.30. The highest BCUT2D eigenvalue weighted by Crippen LogP contribution is 2.21. The molecule has 4 nitrogen and oxygen atoms in total. The summed E-state index contributed by atoms with van der Waals surface area (Å²) in [5, 5.41) is 9.05. The first kappa shape index (κ1) is 15.3. The lowest BCUT2D eigenvalue weighted by Crippen LogP contribution is -2.07. The fraction of sp³-hybridized carbons (Fsp3) is 0.417. The fourth-order valence-corrected chi connectivity index (χ4v) is 3.31. The predicted molar refractivity (Wildman–Crippen MR) is 73.5 cm³/mol. The summed E-state index contributed by atoms with van der Waals surface area (Å²) < 4.78 is 17.7. The summed E-state index contributed by atoms with van der Waals surface area (Å²) >= 11 is 3.26. The number of benzene rings is 1. The molecule has 18 heavy (non-hydrogen) atoms. The van der Waals surface area contributed by atoms with Gasteiger partial charge in [0.15, 0.2) is 0 Å².